The van der Waals surface area contributed by atoms with Gasteiger partial charge in [0.2, 0.25) is 5.91 Å². The van der Waals surface area contributed by atoms with Crippen LogP contribution < -0.4 is 10.6 Å². The molecule has 1 heterocycles. The van der Waals surface area contributed by atoms with Crippen LogP contribution in [0, 0.1) is 0 Å². The van der Waals surface area contributed by atoms with Gasteiger partial charge in [0.05, 0.1) is 17.8 Å². The fraction of sp³-hybridized carbons (Fsp3) is 0.259. The van der Waals surface area contributed by atoms with Gasteiger partial charge in [-0.2, -0.15) is 0 Å². The van der Waals surface area contributed by atoms with Gasteiger partial charge in [0, 0.05) is 24.1 Å². The Kier molecular flexibility index (Phi) is 6.82. The molecule has 1 aromatic heterocycles. The van der Waals surface area contributed by atoms with Crippen molar-refractivity contribution in [2.24, 2.45) is 0 Å². The van der Waals surface area contributed by atoms with Crippen molar-refractivity contribution >= 4 is 18.0 Å². The molecule has 0 radical (unpaired) electrons. The molecule has 0 spiro atoms. The highest BCUT2D eigenvalue weighted by Gasteiger charge is 2.30. The van der Waals surface area contributed by atoms with Crippen molar-refractivity contribution in [2.75, 3.05) is 6.61 Å². The maximum Gasteiger partial charge on any atom is 0.407 e. The average Bonchev–Trinajstić information content (AvgIpc) is 3.15. The summed E-state index contributed by atoms with van der Waals surface area (Å²) in [6.07, 6.45) is 0.795. The van der Waals surface area contributed by atoms with Crippen LogP contribution in [0.4, 0.5) is 4.79 Å². The first-order valence-corrected chi connectivity index (χ1v) is 11.3. The number of carbonyl (C=O) groups is 3. The Balaban J connectivity index is 1.30. The van der Waals surface area contributed by atoms with E-state index in [1.807, 2.05) is 24.3 Å². The minimum atomic E-state index is -1.06. The van der Waals surface area contributed by atoms with Crippen molar-refractivity contribution in [3.8, 4) is 11.1 Å². The molecule has 0 saturated heterocycles. The number of pyridine rings is 1. The Hall–Kier alpha value is -4.20. The van der Waals surface area contributed by atoms with Gasteiger partial charge >= 0.3 is 12.1 Å². The summed E-state index contributed by atoms with van der Waals surface area (Å²) in [5.74, 6) is -1.42. The zero-order valence-electron chi connectivity index (χ0n) is 19.6. The van der Waals surface area contributed by atoms with E-state index in [1.54, 1.807) is 13.8 Å². The molecule has 180 valence electrons. The van der Waals surface area contributed by atoms with Gasteiger partial charge in [0.1, 0.15) is 6.61 Å². The van der Waals surface area contributed by atoms with Gasteiger partial charge in [0.15, 0.2) is 0 Å². The second-order valence-electron chi connectivity index (χ2n) is 9.13. The maximum absolute atomic E-state index is 12.6. The summed E-state index contributed by atoms with van der Waals surface area (Å²) in [5, 5.41) is 14.5. The molecule has 2 amide bonds. The second kappa shape index (κ2) is 9.97. The predicted molar refractivity (Wildman–Crippen MR) is 130 cm³/mol. The average molecular weight is 474 g/mol. The number of hydrogen-bond donors (Lipinski definition) is 3. The molecule has 0 atom stereocenters. The van der Waals surface area contributed by atoms with Crippen LogP contribution in [0.15, 0.2) is 66.9 Å². The van der Waals surface area contributed by atoms with E-state index in [-0.39, 0.29) is 37.0 Å². The summed E-state index contributed by atoms with van der Waals surface area (Å²) >= 11 is 0. The van der Waals surface area contributed by atoms with Crippen LogP contribution in [-0.2, 0) is 16.1 Å². The molecule has 2 aromatic carbocycles. The number of aromatic carboxylic acids is 1. The molecule has 8 heteroatoms. The van der Waals surface area contributed by atoms with Crippen molar-refractivity contribution in [2.45, 2.75) is 38.3 Å². The minimum Gasteiger partial charge on any atom is -0.478 e. The molecule has 8 nitrogen and oxygen atoms in total. The number of fused-ring (bicyclic) bond motifs is 3. The standard InChI is InChI=1S/C27H27N3O5/c1-27(2,14-24(31)29-15-18-13-17(25(32)33)11-12-28-18)30-26(34)35-16-23-21-9-5-3-7-19(21)20-8-4-6-10-22(20)23/h3-13,23H,14-16H2,1-2H3,(H,29,31)(H,30,34)(H,32,33). The number of hydrogen-bond acceptors (Lipinski definition) is 5. The van der Waals surface area contributed by atoms with E-state index in [1.165, 1.54) is 18.3 Å². The first-order chi connectivity index (χ1) is 16.7. The third kappa shape index (κ3) is 5.66. The summed E-state index contributed by atoms with van der Waals surface area (Å²) in [7, 11) is 0. The van der Waals surface area contributed by atoms with Gasteiger partial charge in [-0.05, 0) is 48.2 Å². The van der Waals surface area contributed by atoms with Crippen LogP contribution in [0.3, 0.4) is 0 Å². The van der Waals surface area contributed by atoms with Crippen LogP contribution in [0.2, 0.25) is 0 Å². The summed E-state index contributed by atoms with van der Waals surface area (Å²) in [5.41, 5.74) is 4.22. The number of nitrogens with one attached hydrogen (secondary N) is 2. The van der Waals surface area contributed by atoms with E-state index in [0.29, 0.717) is 5.69 Å². The third-order valence-corrected chi connectivity index (χ3v) is 5.92. The van der Waals surface area contributed by atoms with Gasteiger partial charge in [0.25, 0.3) is 0 Å². The molecule has 0 fully saturated rings. The second-order valence-corrected chi connectivity index (χ2v) is 9.13. The van der Waals surface area contributed by atoms with Crippen molar-refractivity contribution in [1.29, 1.82) is 0 Å². The quantitative estimate of drug-likeness (QED) is 0.453. The van der Waals surface area contributed by atoms with Crippen LogP contribution in [-0.4, -0.2) is 40.2 Å². The highest BCUT2D eigenvalue weighted by molar-refractivity contribution is 5.87. The molecule has 3 N–H and O–H groups in total. The van der Waals surface area contributed by atoms with Crippen LogP contribution in [0.1, 0.15) is 53.4 Å². The highest BCUT2D eigenvalue weighted by atomic mass is 16.5. The topological polar surface area (TPSA) is 118 Å². The van der Waals surface area contributed by atoms with Gasteiger partial charge in [-0.1, -0.05) is 48.5 Å². The Bertz CT molecular complexity index is 1230. The number of rotatable bonds is 8. The van der Waals surface area contributed by atoms with E-state index in [0.717, 1.165) is 22.3 Å². The summed E-state index contributed by atoms with van der Waals surface area (Å²) in [6, 6.07) is 19.0. The number of alkyl carbamates (subject to hydrolysis) is 1. The number of amides is 2. The number of benzene rings is 2. The van der Waals surface area contributed by atoms with E-state index in [4.69, 9.17) is 9.84 Å². The van der Waals surface area contributed by atoms with Crippen molar-refractivity contribution in [1.82, 2.24) is 15.6 Å². The number of carboxylic acid groups (broad SMARTS) is 1. The number of ether oxygens (including phenoxy) is 1. The van der Waals surface area contributed by atoms with E-state index in [9.17, 15) is 14.4 Å². The van der Waals surface area contributed by atoms with E-state index in [2.05, 4.69) is 39.9 Å². The van der Waals surface area contributed by atoms with Gasteiger partial charge < -0.3 is 20.5 Å². The van der Waals surface area contributed by atoms with E-state index < -0.39 is 17.6 Å². The monoisotopic (exact) mass is 473 g/mol. The minimum absolute atomic E-state index is 0.00974. The Morgan fingerprint density at radius 2 is 1.63 bits per heavy atom. The molecular formula is C27H27N3O5. The molecule has 0 aliphatic heterocycles. The predicted octanol–water partition coefficient (Wildman–Crippen LogP) is 4.10. The molecule has 4 rings (SSSR count). The van der Waals surface area contributed by atoms with Gasteiger partial charge in [-0.15, -0.1) is 0 Å². The number of carbonyl (C=O) groups excluding carboxylic acids is 2. The maximum atomic E-state index is 12.6. The lowest BCUT2D eigenvalue weighted by molar-refractivity contribution is -0.122. The van der Waals surface area contributed by atoms with Gasteiger partial charge in [-0.25, -0.2) is 9.59 Å². The van der Waals surface area contributed by atoms with Crippen molar-refractivity contribution in [3.63, 3.8) is 0 Å². The molecule has 0 saturated carbocycles. The molecule has 0 bridgehead atoms. The van der Waals surface area contributed by atoms with Crippen LogP contribution >= 0.6 is 0 Å². The third-order valence-electron chi connectivity index (χ3n) is 5.92. The summed E-state index contributed by atoms with van der Waals surface area (Å²) in [4.78, 5) is 40.1. The molecule has 1 aliphatic rings. The molecule has 1 aliphatic carbocycles. The summed E-state index contributed by atoms with van der Waals surface area (Å²) < 4.78 is 5.57. The van der Waals surface area contributed by atoms with Crippen LogP contribution in [0.25, 0.3) is 11.1 Å². The van der Waals surface area contributed by atoms with Crippen LogP contribution in [0.5, 0.6) is 0 Å². The first-order valence-electron chi connectivity index (χ1n) is 11.3. The summed E-state index contributed by atoms with van der Waals surface area (Å²) in [6.45, 7) is 3.74. The van der Waals surface area contributed by atoms with Crippen molar-refractivity contribution < 1.29 is 24.2 Å². The van der Waals surface area contributed by atoms with E-state index >= 15 is 0 Å². The SMILES string of the molecule is CC(C)(CC(=O)NCc1cc(C(=O)O)ccn1)NC(=O)OCC1c2ccccc2-c2ccccc21. The zero-order chi connectivity index (χ0) is 25.0. The largest absolute Gasteiger partial charge is 0.478 e. The lowest BCUT2D eigenvalue weighted by atomic mass is 9.98. The molecule has 0 unspecified atom stereocenters. The molecule has 3 aromatic rings. The number of nitrogens with zero attached hydrogens (tertiary/aromatic N) is 1. The fourth-order valence-electron chi connectivity index (χ4n) is 4.32. The normalized spacial score (nSPS) is 12.4. The highest BCUT2D eigenvalue weighted by Crippen LogP contribution is 2.44. The smallest absolute Gasteiger partial charge is 0.407 e. The Morgan fingerprint density at radius 1 is 1.00 bits per heavy atom. The van der Waals surface area contributed by atoms with Crippen molar-refractivity contribution in [3.05, 3.63) is 89.2 Å². The Morgan fingerprint density at radius 3 is 2.26 bits per heavy atom. The molecular weight excluding hydrogens is 446 g/mol. The lowest BCUT2D eigenvalue weighted by Gasteiger charge is -2.25. The molecule has 35 heavy (non-hydrogen) atoms. The lowest BCUT2D eigenvalue weighted by Crippen LogP contribution is -2.47. The van der Waals surface area contributed by atoms with Gasteiger partial charge in [-0.3, -0.25) is 9.78 Å². The number of aromatic nitrogens is 1. The Labute approximate surface area is 203 Å². The first kappa shape index (κ1) is 23.9. The zero-order valence-corrected chi connectivity index (χ0v) is 19.6. The number of carboxylic acids is 1. The fourth-order valence-corrected chi connectivity index (χ4v) is 4.32.